The van der Waals surface area contributed by atoms with Crippen LogP contribution in [-0.4, -0.2) is 52.8 Å². The molecule has 0 saturated carbocycles. The zero-order valence-corrected chi connectivity index (χ0v) is 13.6. The van der Waals surface area contributed by atoms with E-state index in [0.29, 0.717) is 11.9 Å². The first-order chi connectivity index (χ1) is 9.84. The van der Waals surface area contributed by atoms with Gasteiger partial charge in [0, 0.05) is 26.2 Å². The van der Waals surface area contributed by atoms with E-state index in [1.54, 1.807) is 0 Å². The van der Waals surface area contributed by atoms with Crippen LogP contribution in [0.3, 0.4) is 0 Å². The van der Waals surface area contributed by atoms with Crippen LogP contribution in [0.4, 0.5) is 17.8 Å². The summed E-state index contributed by atoms with van der Waals surface area (Å²) in [5, 5.41) is 0. The number of rotatable bonds is 4. The molecule has 0 radical (unpaired) electrons. The molecule has 118 valence electrons. The number of nitrogen functional groups attached to an aromatic ring is 1. The van der Waals surface area contributed by atoms with Crippen molar-refractivity contribution in [2.75, 3.05) is 41.7 Å². The second kappa shape index (κ2) is 6.01. The average molecular weight is 294 g/mol. The van der Waals surface area contributed by atoms with Crippen LogP contribution in [-0.2, 0) is 4.74 Å². The molecule has 1 atom stereocenters. The fourth-order valence-electron chi connectivity index (χ4n) is 2.76. The number of nitrogens with two attached hydrogens (primary N) is 1. The first kappa shape index (κ1) is 15.8. The van der Waals surface area contributed by atoms with Crippen LogP contribution in [0.25, 0.3) is 0 Å². The molecular weight excluding hydrogens is 268 g/mol. The molecule has 2 heterocycles. The van der Waals surface area contributed by atoms with Gasteiger partial charge in [0.2, 0.25) is 17.8 Å². The van der Waals surface area contributed by atoms with E-state index < -0.39 is 0 Å². The molecule has 1 saturated heterocycles. The first-order valence-electron chi connectivity index (χ1n) is 7.54. The van der Waals surface area contributed by atoms with Gasteiger partial charge in [-0.3, -0.25) is 0 Å². The molecule has 7 heteroatoms. The Bertz CT molecular complexity index is 488. The quantitative estimate of drug-likeness (QED) is 0.896. The molecule has 0 bridgehead atoms. The molecule has 1 aliphatic rings. The normalized spacial score (nSPS) is 21.4. The van der Waals surface area contributed by atoms with Crippen LogP contribution in [0, 0.1) is 0 Å². The summed E-state index contributed by atoms with van der Waals surface area (Å²) < 4.78 is 5.92. The van der Waals surface area contributed by atoms with Gasteiger partial charge in [0.25, 0.3) is 0 Å². The van der Waals surface area contributed by atoms with Gasteiger partial charge in [-0.2, -0.15) is 15.0 Å². The highest BCUT2D eigenvalue weighted by molar-refractivity contribution is 5.44. The Labute approximate surface area is 126 Å². The van der Waals surface area contributed by atoms with E-state index in [2.05, 4.69) is 59.4 Å². The highest BCUT2D eigenvalue weighted by atomic mass is 16.5. The number of anilines is 3. The van der Waals surface area contributed by atoms with Gasteiger partial charge in [0.1, 0.15) is 0 Å². The minimum absolute atomic E-state index is 0.128. The summed E-state index contributed by atoms with van der Waals surface area (Å²) in [6.45, 7) is 13.5. The first-order valence-corrected chi connectivity index (χ1v) is 7.54. The van der Waals surface area contributed by atoms with Gasteiger partial charge in [-0.1, -0.05) is 0 Å². The van der Waals surface area contributed by atoms with E-state index in [0.717, 1.165) is 26.2 Å². The molecule has 1 aromatic rings. The summed E-state index contributed by atoms with van der Waals surface area (Å²) in [5.41, 5.74) is 5.64. The zero-order valence-electron chi connectivity index (χ0n) is 13.6. The smallest absolute Gasteiger partial charge is 0.232 e. The fraction of sp³-hybridized carbons (Fsp3) is 0.786. The standard InChI is InChI=1S/C14H26N6O/c1-6-19(7-2)12-16-11(15)17-13(18-12)20-8-10(3)21-14(4,5)9-20/h10H,6-9H2,1-5H3,(H2,15,16,17,18). The monoisotopic (exact) mass is 294 g/mol. The SMILES string of the molecule is CCN(CC)c1nc(N)nc(N2CC(C)OC(C)(C)C2)n1. The Morgan fingerprint density at radius 3 is 2.52 bits per heavy atom. The van der Waals surface area contributed by atoms with Gasteiger partial charge in [-0.15, -0.1) is 0 Å². The van der Waals surface area contributed by atoms with Crippen molar-refractivity contribution >= 4 is 17.8 Å². The minimum Gasteiger partial charge on any atom is -0.369 e. The molecule has 21 heavy (non-hydrogen) atoms. The molecule has 1 aliphatic heterocycles. The molecular formula is C14H26N6O. The zero-order chi connectivity index (χ0) is 15.6. The molecule has 1 fully saturated rings. The molecule has 1 aromatic heterocycles. The summed E-state index contributed by atoms with van der Waals surface area (Å²) in [6.07, 6.45) is 0.128. The highest BCUT2D eigenvalue weighted by Gasteiger charge is 2.33. The van der Waals surface area contributed by atoms with Crippen LogP contribution < -0.4 is 15.5 Å². The van der Waals surface area contributed by atoms with Gasteiger partial charge < -0.3 is 20.3 Å². The van der Waals surface area contributed by atoms with Gasteiger partial charge in [-0.25, -0.2) is 0 Å². The van der Waals surface area contributed by atoms with E-state index in [4.69, 9.17) is 10.5 Å². The Morgan fingerprint density at radius 1 is 1.29 bits per heavy atom. The van der Waals surface area contributed by atoms with Crippen molar-refractivity contribution < 1.29 is 4.74 Å². The number of nitrogens with zero attached hydrogens (tertiary/aromatic N) is 5. The molecule has 7 nitrogen and oxygen atoms in total. The lowest BCUT2D eigenvalue weighted by atomic mass is 10.1. The van der Waals surface area contributed by atoms with E-state index in [9.17, 15) is 0 Å². The summed E-state index contributed by atoms with van der Waals surface area (Å²) in [6, 6.07) is 0. The fourth-order valence-corrected chi connectivity index (χ4v) is 2.76. The van der Waals surface area contributed by atoms with E-state index in [1.165, 1.54) is 0 Å². The third-order valence-electron chi connectivity index (χ3n) is 3.53. The van der Waals surface area contributed by atoms with Gasteiger partial charge in [-0.05, 0) is 34.6 Å². The Morgan fingerprint density at radius 2 is 1.95 bits per heavy atom. The molecule has 1 unspecified atom stereocenters. The molecule has 2 rings (SSSR count). The van der Waals surface area contributed by atoms with Crippen molar-refractivity contribution in [1.29, 1.82) is 0 Å². The second-order valence-electron chi connectivity index (χ2n) is 6.03. The van der Waals surface area contributed by atoms with Crippen molar-refractivity contribution in [2.24, 2.45) is 0 Å². The maximum atomic E-state index is 5.92. The van der Waals surface area contributed by atoms with Crippen molar-refractivity contribution in [1.82, 2.24) is 15.0 Å². The summed E-state index contributed by atoms with van der Waals surface area (Å²) in [7, 11) is 0. The van der Waals surface area contributed by atoms with Crippen LogP contribution >= 0.6 is 0 Å². The third kappa shape index (κ3) is 3.72. The van der Waals surface area contributed by atoms with Crippen LogP contribution in [0.15, 0.2) is 0 Å². The van der Waals surface area contributed by atoms with Crippen molar-refractivity contribution in [2.45, 2.75) is 46.3 Å². The highest BCUT2D eigenvalue weighted by Crippen LogP contribution is 2.25. The number of ether oxygens (including phenoxy) is 1. The number of morpholine rings is 1. The van der Waals surface area contributed by atoms with Crippen LogP contribution in [0.5, 0.6) is 0 Å². The lowest BCUT2D eigenvalue weighted by molar-refractivity contribution is -0.0753. The van der Waals surface area contributed by atoms with Crippen molar-refractivity contribution in [3.8, 4) is 0 Å². The molecule has 0 amide bonds. The lowest BCUT2D eigenvalue weighted by Crippen LogP contribution is -2.52. The van der Waals surface area contributed by atoms with E-state index >= 15 is 0 Å². The predicted octanol–water partition coefficient (Wildman–Crippen LogP) is 1.30. The summed E-state index contributed by atoms with van der Waals surface area (Å²) >= 11 is 0. The van der Waals surface area contributed by atoms with E-state index in [1.807, 2.05) is 0 Å². The topological polar surface area (TPSA) is 80.4 Å². The predicted molar refractivity (Wildman–Crippen MR) is 84.6 cm³/mol. The lowest BCUT2D eigenvalue weighted by Gasteiger charge is -2.41. The Balaban J connectivity index is 2.31. The van der Waals surface area contributed by atoms with Crippen molar-refractivity contribution in [3.05, 3.63) is 0 Å². The van der Waals surface area contributed by atoms with Crippen LogP contribution in [0.2, 0.25) is 0 Å². The molecule has 0 spiro atoms. The van der Waals surface area contributed by atoms with Crippen LogP contribution in [0.1, 0.15) is 34.6 Å². The Kier molecular flexibility index (Phi) is 4.51. The maximum Gasteiger partial charge on any atom is 0.232 e. The van der Waals surface area contributed by atoms with Gasteiger partial charge in [0.05, 0.1) is 11.7 Å². The largest absolute Gasteiger partial charge is 0.369 e. The summed E-state index contributed by atoms with van der Waals surface area (Å²) in [5.74, 6) is 1.53. The second-order valence-corrected chi connectivity index (χ2v) is 6.03. The molecule has 0 aliphatic carbocycles. The average Bonchev–Trinajstić information content (AvgIpc) is 2.37. The van der Waals surface area contributed by atoms with E-state index in [-0.39, 0.29) is 17.7 Å². The third-order valence-corrected chi connectivity index (χ3v) is 3.53. The number of hydrogen-bond donors (Lipinski definition) is 1. The number of hydrogen-bond acceptors (Lipinski definition) is 7. The molecule has 0 aromatic carbocycles. The maximum absolute atomic E-state index is 5.92. The minimum atomic E-state index is -0.228. The summed E-state index contributed by atoms with van der Waals surface area (Å²) in [4.78, 5) is 17.3. The van der Waals surface area contributed by atoms with Crippen molar-refractivity contribution in [3.63, 3.8) is 0 Å². The van der Waals surface area contributed by atoms with Gasteiger partial charge >= 0.3 is 0 Å². The van der Waals surface area contributed by atoms with Gasteiger partial charge in [0.15, 0.2) is 0 Å². The number of aromatic nitrogens is 3. The Hall–Kier alpha value is -1.63. The molecule has 2 N–H and O–H groups in total.